The molecule has 2 amide bonds. The fourth-order valence-corrected chi connectivity index (χ4v) is 4.53. The molecule has 1 atom stereocenters. The Hall–Kier alpha value is -3.20. The normalized spacial score (nSPS) is 12.2. The van der Waals surface area contributed by atoms with Gasteiger partial charge in [0.25, 0.3) is 0 Å². The van der Waals surface area contributed by atoms with Crippen molar-refractivity contribution in [2.75, 3.05) is 19.8 Å². The molecule has 0 saturated heterocycles. The minimum atomic E-state index is -3.72. The lowest BCUT2D eigenvalue weighted by atomic mass is 10.0. The Morgan fingerprint density at radius 3 is 1.94 bits per heavy atom. The topological polar surface area (TPSA) is 86.8 Å². The molecule has 0 spiro atoms. The van der Waals surface area contributed by atoms with Gasteiger partial charge in [-0.2, -0.15) is 4.31 Å². The van der Waals surface area contributed by atoms with Gasteiger partial charge in [-0.1, -0.05) is 84.4 Å². The fraction of sp³-hybridized carbons (Fsp3) is 0.231. The van der Waals surface area contributed by atoms with Crippen LogP contribution < -0.4 is 5.32 Å². The number of sulfonamides is 1. The van der Waals surface area contributed by atoms with Crippen molar-refractivity contribution < 1.29 is 18.0 Å². The van der Waals surface area contributed by atoms with Crippen molar-refractivity contribution in [3.63, 3.8) is 0 Å². The number of benzene rings is 3. The summed E-state index contributed by atoms with van der Waals surface area (Å²) in [6, 6.07) is 24.0. The summed E-state index contributed by atoms with van der Waals surface area (Å²) in [4.78, 5) is 28.1. The van der Waals surface area contributed by atoms with E-state index in [-0.39, 0.29) is 19.0 Å². The molecule has 3 aromatic carbocycles. The van der Waals surface area contributed by atoms with Gasteiger partial charge in [-0.05, 0) is 28.8 Å². The van der Waals surface area contributed by atoms with Crippen molar-refractivity contribution in [3.05, 3.63) is 107 Å². The second-order valence-electron chi connectivity index (χ2n) is 8.09. The first kappa shape index (κ1) is 26.4. The van der Waals surface area contributed by atoms with Gasteiger partial charge < -0.3 is 10.2 Å². The molecule has 3 rings (SSSR count). The third kappa shape index (κ3) is 7.39. The van der Waals surface area contributed by atoms with Gasteiger partial charge in [0.05, 0.1) is 12.8 Å². The number of nitrogens with zero attached hydrogens (tertiary/aromatic N) is 2. The molecule has 1 N–H and O–H groups in total. The van der Waals surface area contributed by atoms with E-state index in [1.165, 1.54) is 11.9 Å². The van der Waals surface area contributed by atoms with Crippen LogP contribution in [0.3, 0.4) is 0 Å². The number of hydrogen-bond donors (Lipinski definition) is 1. The molecule has 0 aliphatic carbocycles. The van der Waals surface area contributed by atoms with Gasteiger partial charge in [0.15, 0.2) is 0 Å². The van der Waals surface area contributed by atoms with Crippen LogP contribution in [0.4, 0.5) is 0 Å². The van der Waals surface area contributed by atoms with Crippen LogP contribution in [-0.2, 0) is 32.7 Å². The van der Waals surface area contributed by atoms with Crippen LogP contribution in [0.15, 0.2) is 84.9 Å². The van der Waals surface area contributed by atoms with Crippen molar-refractivity contribution in [2.45, 2.75) is 19.1 Å². The number of hydrogen-bond acceptors (Lipinski definition) is 4. The molecule has 7 nitrogen and oxygen atoms in total. The maximum atomic E-state index is 13.7. The van der Waals surface area contributed by atoms with Gasteiger partial charge in [-0.15, -0.1) is 0 Å². The average molecular weight is 514 g/mol. The zero-order chi connectivity index (χ0) is 25.4. The Morgan fingerprint density at radius 2 is 1.40 bits per heavy atom. The van der Waals surface area contributed by atoms with Crippen LogP contribution in [0, 0.1) is 0 Å². The van der Waals surface area contributed by atoms with Crippen LogP contribution in [-0.4, -0.2) is 49.3 Å². The lowest BCUT2D eigenvalue weighted by Gasteiger charge is -2.33. The van der Waals surface area contributed by atoms with Gasteiger partial charge in [-0.25, -0.2) is 8.42 Å². The van der Waals surface area contributed by atoms with E-state index < -0.39 is 28.5 Å². The molecule has 9 heteroatoms. The zero-order valence-corrected chi connectivity index (χ0v) is 21.2. The van der Waals surface area contributed by atoms with Crippen molar-refractivity contribution in [2.24, 2.45) is 0 Å². The van der Waals surface area contributed by atoms with E-state index in [0.717, 1.165) is 21.7 Å². The average Bonchev–Trinajstić information content (AvgIpc) is 2.85. The first-order valence-electron chi connectivity index (χ1n) is 11.0. The van der Waals surface area contributed by atoms with Crippen molar-refractivity contribution >= 4 is 33.4 Å². The van der Waals surface area contributed by atoms with Crippen molar-refractivity contribution in [1.82, 2.24) is 14.5 Å². The largest absolute Gasteiger partial charge is 0.357 e. The Kier molecular flexibility index (Phi) is 9.03. The minimum Gasteiger partial charge on any atom is -0.357 e. The Labute approximate surface area is 211 Å². The lowest BCUT2D eigenvalue weighted by molar-refractivity contribution is -0.141. The molecule has 0 unspecified atom stereocenters. The molecule has 0 saturated carbocycles. The fourth-order valence-electron chi connectivity index (χ4n) is 3.67. The lowest BCUT2D eigenvalue weighted by Crippen LogP contribution is -2.47. The van der Waals surface area contributed by atoms with E-state index in [4.69, 9.17) is 11.6 Å². The predicted octanol–water partition coefficient (Wildman–Crippen LogP) is 3.62. The predicted molar refractivity (Wildman–Crippen MR) is 137 cm³/mol. The molecule has 0 aromatic heterocycles. The highest BCUT2D eigenvalue weighted by Crippen LogP contribution is 2.25. The first-order valence-corrected chi connectivity index (χ1v) is 13.2. The SMILES string of the molecule is CNC(=O)[C@@H](c1ccccc1)N(Cc1ccc(Cl)cc1)C(=O)CN(Cc1ccccc1)S(C)(=O)=O. The molecule has 0 aliphatic heterocycles. The van der Waals surface area contributed by atoms with Crippen LogP contribution in [0.5, 0.6) is 0 Å². The van der Waals surface area contributed by atoms with E-state index in [1.807, 2.05) is 24.3 Å². The number of carbonyl (C=O) groups excluding carboxylic acids is 2. The number of nitrogens with one attached hydrogen (secondary N) is 1. The molecular formula is C26H28ClN3O4S. The Bertz CT molecular complexity index is 1240. The summed E-state index contributed by atoms with van der Waals surface area (Å²) >= 11 is 6.02. The van der Waals surface area contributed by atoms with Gasteiger partial charge in [0, 0.05) is 25.2 Å². The molecule has 184 valence electrons. The number of carbonyl (C=O) groups is 2. The number of rotatable bonds is 10. The maximum Gasteiger partial charge on any atom is 0.247 e. The second kappa shape index (κ2) is 12.0. The molecule has 0 radical (unpaired) electrons. The van der Waals surface area contributed by atoms with Gasteiger partial charge in [-0.3, -0.25) is 9.59 Å². The summed E-state index contributed by atoms with van der Waals surface area (Å²) < 4.78 is 26.3. The van der Waals surface area contributed by atoms with Gasteiger partial charge >= 0.3 is 0 Å². The third-order valence-corrected chi connectivity index (χ3v) is 6.94. The van der Waals surface area contributed by atoms with Crippen molar-refractivity contribution in [1.29, 1.82) is 0 Å². The summed E-state index contributed by atoms with van der Waals surface area (Å²) in [7, 11) is -2.22. The molecule has 35 heavy (non-hydrogen) atoms. The molecule has 0 aliphatic rings. The number of likely N-dealkylation sites (N-methyl/N-ethyl adjacent to an activating group) is 1. The standard InChI is InChI=1S/C26H28ClN3O4S/c1-28-26(32)25(22-11-7-4-8-12-22)30(18-21-13-15-23(27)16-14-21)24(31)19-29(35(2,33)34)17-20-9-5-3-6-10-20/h3-16,25H,17-19H2,1-2H3,(H,28,32)/t25-/m1/s1. The van der Waals surface area contributed by atoms with Crippen LogP contribution in [0.1, 0.15) is 22.7 Å². The summed E-state index contributed by atoms with van der Waals surface area (Å²) in [6.07, 6.45) is 1.07. The van der Waals surface area contributed by atoms with Gasteiger partial charge in [0.2, 0.25) is 21.8 Å². The highest BCUT2D eigenvalue weighted by Gasteiger charge is 2.33. The minimum absolute atomic E-state index is 0.0379. The highest BCUT2D eigenvalue weighted by atomic mass is 35.5. The Balaban J connectivity index is 1.99. The molecule has 0 heterocycles. The maximum absolute atomic E-state index is 13.7. The van der Waals surface area contributed by atoms with E-state index in [1.54, 1.807) is 60.7 Å². The van der Waals surface area contributed by atoms with Crippen LogP contribution in [0.25, 0.3) is 0 Å². The molecular weight excluding hydrogens is 486 g/mol. The second-order valence-corrected chi connectivity index (χ2v) is 10.5. The van der Waals surface area contributed by atoms with E-state index in [9.17, 15) is 18.0 Å². The number of halogens is 1. The van der Waals surface area contributed by atoms with Crippen LogP contribution >= 0.6 is 11.6 Å². The summed E-state index contributed by atoms with van der Waals surface area (Å²) in [5, 5.41) is 3.18. The Morgan fingerprint density at radius 1 is 0.857 bits per heavy atom. The van der Waals surface area contributed by atoms with E-state index >= 15 is 0 Å². The monoisotopic (exact) mass is 513 g/mol. The van der Waals surface area contributed by atoms with E-state index in [2.05, 4.69) is 5.32 Å². The van der Waals surface area contributed by atoms with Crippen molar-refractivity contribution in [3.8, 4) is 0 Å². The third-order valence-electron chi connectivity index (χ3n) is 5.49. The van der Waals surface area contributed by atoms with Crippen LogP contribution in [0.2, 0.25) is 5.02 Å². The highest BCUT2D eigenvalue weighted by molar-refractivity contribution is 7.88. The molecule has 0 bridgehead atoms. The molecule has 0 fully saturated rings. The smallest absolute Gasteiger partial charge is 0.247 e. The summed E-state index contributed by atoms with van der Waals surface area (Å²) in [5.74, 6) is -0.883. The summed E-state index contributed by atoms with van der Waals surface area (Å²) in [6.45, 7) is -0.288. The number of amides is 2. The molecule has 3 aromatic rings. The van der Waals surface area contributed by atoms with E-state index in [0.29, 0.717) is 10.6 Å². The zero-order valence-electron chi connectivity index (χ0n) is 19.6. The quantitative estimate of drug-likeness (QED) is 0.448. The summed E-state index contributed by atoms with van der Waals surface area (Å²) in [5.41, 5.74) is 2.12. The first-order chi connectivity index (χ1) is 16.7. The van der Waals surface area contributed by atoms with Gasteiger partial charge in [0.1, 0.15) is 6.04 Å².